The van der Waals surface area contributed by atoms with E-state index in [1.165, 1.54) is 17.1 Å². The van der Waals surface area contributed by atoms with Crippen LogP contribution in [-0.4, -0.2) is 23.0 Å². The van der Waals surface area contributed by atoms with Gasteiger partial charge in [0.25, 0.3) is 10.0 Å². The van der Waals surface area contributed by atoms with Gasteiger partial charge in [-0.2, -0.15) is 8.42 Å². The summed E-state index contributed by atoms with van der Waals surface area (Å²) in [7, 11) is -2.24. The normalized spacial score (nSPS) is 11.6. The molecule has 0 aliphatic carbocycles. The van der Waals surface area contributed by atoms with E-state index in [0.29, 0.717) is 5.56 Å². The van der Waals surface area contributed by atoms with Crippen molar-refractivity contribution < 1.29 is 8.42 Å². The van der Waals surface area contributed by atoms with Crippen LogP contribution in [-0.2, 0) is 17.1 Å². The molecule has 2 rings (SSSR count). The third-order valence-electron chi connectivity index (χ3n) is 2.36. The van der Waals surface area contributed by atoms with Crippen molar-refractivity contribution in [2.24, 2.45) is 7.05 Å². The van der Waals surface area contributed by atoms with Crippen LogP contribution in [0.1, 0.15) is 5.56 Å². The van der Waals surface area contributed by atoms with Gasteiger partial charge in [-0.15, -0.1) is 0 Å². The third-order valence-corrected chi connectivity index (χ3v) is 4.63. The van der Waals surface area contributed by atoms with Crippen LogP contribution >= 0.6 is 27.5 Å². The number of pyridine rings is 1. The molecule has 19 heavy (non-hydrogen) atoms. The van der Waals surface area contributed by atoms with E-state index in [9.17, 15) is 8.42 Å². The Labute approximate surface area is 124 Å². The number of hydrogen-bond acceptors (Lipinski definition) is 4. The lowest BCUT2D eigenvalue weighted by molar-refractivity contribution is 0.598. The van der Waals surface area contributed by atoms with Gasteiger partial charge < -0.3 is 4.57 Å². The lowest BCUT2D eigenvalue weighted by atomic mass is 10.3. The third kappa shape index (κ3) is 2.90. The topological polar surface area (TPSA) is 76.9 Å². The van der Waals surface area contributed by atoms with Crippen molar-refractivity contribution in [2.45, 2.75) is 11.9 Å². The summed E-state index contributed by atoms with van der Waals surface area (Å²) in [5, 5.41) is -0.178. The van der Waals surface area contributed by atoms with Gasteiger partial charge in [-0.3, -0.25) is 4.72 Å². The zero-order valence-electron chi connectivity index (χ0n) is 10.1. The van der Waals surface area contributed by atoms with Gasteiger partial charge in [-0.1, -0.05) is 11.6 Å². The molecule has 6 nitrogen and oxygen atoms in total. The van der Waals surface area contributed by atoms with Crippen molar-refractivity contribution in [3.05, 3.63) is 33.8 Å². The van der Waals surface area contributed by atoms with Crippen LogP contribution in [0.5, 0.6) is 0 Å². The molecular weight excluding hydrogens is 356 g/mol. The monoisotopic (exact) mass is 364 g/mol. The summed E-state index contributed by atoms with van der Waals surface area (Å²) in [6.07, 6.45) is 2.84. The number of hydrogen-bond donors (Lipinski definition) is 1. The number of nitrogens with one attached hydrogen (secondary N) is 1. The number of rotatable bonds is 3. The van der Waals surface area contributed by atoms with Gasteiger partial charge in [-0.05, 0) is 34.5 Å². The van der Waals surface area contributed by atoms with E-state index in [4.69, 9.17) is 11.6 Å². The minimum absolute atomic E-state index is 0.0438. The van der Waals surface area contributed by atoms with E-state index in [1.807, 2.05) is 0 Å². The fourth-order valence-corrected chi connectivity index (χ4v) is 3.36. The number of halogens is 2. The number of sulfonamides is 1. The first-order chi connectivity index (χ1) is 8.81. The Morgan fingerprint density at radius 1 is 1.42 bits per heavy atom. The standard InChI is InChI=1S/C10H10BrClN4O2S/c1-6-3-7(11)4-13-9(6)15-19(17,18)10-8(12)16(2)5-14-10/h3-5H,1-2H3,(H,13,15). The minimum Gasteiger partial charge on any atom is -0.324 e. The first-order valence-electron chi connectivity index (χ1n) is 5.13. The van der Waals surface area contributed by atoms with Crippen LogP contribution in [0.4, 0.5) is 5.82 Å². The lowest BCUT2D eigenvalue weighted by Crippen LogP contribution is -2.15. The van der Waals surface area contributed by atoms with Crippen LogP contribution in [0.2, 0.25) is 5.15 Å². The van der Waals surface area contributed by atoms with E-state index in [2.05, 4.69) is 30.6 Å². The molecule has 0 aromatic carbocycles. The summed E-state index contributed by atoms with van der Waals surface area (Å²) >= 11 is 9.14. The second kappa shape index (κ2) is 5.10. The summed E-state index contributed by atoms with van der Waals surface area (Å²) in [5.41, 5.74) is 0.685. The zero-order valence-corrected chi connectivity index (χ0v) is 13.2. The molecule has 0 atom stereocenters. The van der Waals surface area contributed by atoms with Crippen LogP contribution in [0.25, 0.3) is 0 Å². The molecule has 0 unspecified atom stereocenters. The van der Waals surface area contributed by atoms with E-state index >= 15 is 0 Å². The summed E-state index contributed by atoms with van der Waals surface area (Å²) < 4.78 is 28.8. The molecule has 0 saturated carbocycles. The summed E-state index contributed by atoms with van der Waals surface area (Å²) in [4.78, 5) is 7.78. The van der Waals surface area contributed by atoms with Gasteiger partial charge in [0, 0.05) is 17.7 Å². The van der Waals surface area contributed by atoms with E-state index < -0.39 is 10.0 Å². The average Bonchev–Trinajstić information content (AvgIpc) is 2.64. The molecule has 0 bridgehead atoms. The molecule has 0 aliphatic heterocycles. The number of imidazole rings is 1. The second-order valence-corrected chi connectivity index (χ2v) is 6.75. The second-order valence-electron chi connectivity index (χ2n) is 3.88. The van der Waals surface area contributed by atoms with Gasteiger partial charge in [0.2, 0.25) is 5.03 Å². The van der Waals surface area contributed by atoms with Crippen molar-refractivity contribution >= 4 is 43.4 Å². The number of anilines is 1. The van der Waals surface area contributed by atoms with Crippen molar-refractivity contribution in [3.63, 3.8) is 0 Å². The van der Waals surface area contributed by atoms with Crippen molar-refractivity contribution in [2.75, 3.05) is 4.72 Å². The Balaban J connectivity index is 2.39. The highest BCUT2D eigenvalue weighted by atomic mass is 79.9. The van der Waals surface area contributed by atoms with Gasteiger partial charge in [0.05, 0.1) is 6.33 Å². The van der Waals surface area contributed by atoms with Gasteiger partial charge in [0.15, 0.2) is 0 Å². The predicted octanol–water partition coefficient (Wildman–Crippen LogP) is 2.34. The van der Waals surface area contributed by atoms with Crippen LogP contribution < -0.4 is 4.72 Å². The van der Waals surface area contributed by atoms with Gasteiger partial charge in [-0.25, -0.2) is 9.97 Å². The first kappa shape index (κ1) is 14.3. The Morgan fingerprint density at radius 2 is 2.11 bits per heavy atom. The maximum absolute atomic E-state index is 12.1. The molecule has 0 fully saturated rings. The molecule has 0 saturated heterocycles. The Kier molecular flexibility index (Phi) is 3.84. The van der Waals surface area contributed by atoms with Crippen LogP contribution in [0.3, 0.4) is 0 Å². The zero-order chi connectivity index (χ0) is 14.2. The smallest absolute Gasteiger partial charge is 0.283 e. The fraction of sp³-hybridized carbons (Fsp3) is 0.200. The van der Waals surface area contributed by atoms with Gasteiger partial charge in [0.1, 0.15) is 11.0 Å². The van der Waals surface area contributed by atoms with Crippen LogP contribution in [0, 0.1) is 6.92 Å². The van der Waals surface area contributed by atoms with Crippen molar-refractivity contribution in [1.29, 1.82) is 0 Å². The molecule has 0 spiro atoms. The highest BCUT2D eigenvalue weighted by molar-refractivity contribution is 9.10. The molecule has 1 N–H and O–H groups in total. The largest absolute Gasteiger partial charge is 0.324 e. The molecule has 2 aromatic heterocycles. The molecule has 102 valence electrons. The van der Waals surface area contributed by atoms with Crippen LogP contribution in [0.15, 0.2) is 28.1 Å². The van der Waals surface area contributed by atoms with E-state index in [1.54, 1.807) is 20.0 Å². The lowest BCUT2D eigenvalue weighted by Gasteiger charge is -2.08. The van der Waals surface area contributed by atoms with E-state index in [0.717, 1.165) is 4.47 Å². The molecule has 0 aliphatic rings. The first-order valence-corrected chi connectivity index (χ1v) is 7.78. The highest BCUT2D eigenvalue weighted by Gasteiger charge is 2.23. The average molecular weight is 366 g/mol. The van der Waals surface area contributed by atoms with Gasteiger partial charge >= 0.3 is 0 Å². The summed E-state index contributed by atoms with van der Waals surface area (Å²) in [6.45, 7) is 1.75. The Bertz CT molecular complexity index is 729. The number of aromatic nitrogens is 3. The molecule has 0 amide bonds. The minimum atomic E-state index is -3.85. The number of aryl methyl sites for hydroxylation is 2. The maximum atomic E-state index is 12.1. The highest BCUT2D eigenvalue weighted by Crippen LogP contribution is 2.23. The predicted molar refractivity (Wildman–Crippen MR) is 75.7 cm³/mol. The SMILES string of the molecule is Cc1cc(Br)cnc1NS(=O)(=O)c1ncn(C)c1Cl. The summed E-state index contributed by atoms with van der Waals surface area (Å²) in [5.74, 6) is 0.241. The maximum Gasteiger partial charge on any atom is 0.283 e. The quantitative estimate of drug-likeness (QED) is 0.905. The molecular formula is C10H10BrClN4O2S. The van der Waals surface area contributed by atoms with Crippen molar-refractivity contribution in [1.82, 2.24) is 14.5 Å². The molecule has 9 heteroatoms. The van der Waals surface area contributed by atoms with Crippen molar-refractivity contribution in [3.8, 4) is 0 Å². The molecule has 0 radical (unpaired) electrons. The fourth-order valence-electron chi connectivity index (χ4n) is 1.40. The van der Waals surface area contributed by atoms with E-state index in [-0.39, 0.29) is 16.0 Å². The summed E-state index contributed by atoms with van der Waals surface area (Å²) in [6, 6.07) is 1.75. The Hall–Kier alpha value is -1.12. The Morgan fingerprint density at radius 3 is 2.63 bits per heavy atom. The molecule has 2 heterocycles. The number of nitrogens with zero attached hydrogens (tertiary/aromatic N) is 3. The molecule has 2 aromatic rings.